The molecule has 0 saturated heterocycles. The van der Waals surface area contributed by atoms with E-state index in [4.69, 9.17) is 11.0 Å². The predicted molar refractivity (Wildman–Crippen MR) is 82.7 cm³/mol. The Labute approximate surface area is 122 Å². The van der Waals surface area contributed by atoms with Gasteiger partial charge in [-0.1, -0.05) is 6.92 Å². The van der Waals surface area contributed by atoms with Gasteiger partial charge in [-0.05, 0) is 32.4 Å². The van der Waals surface area contributed by atoms with E-state index in [1.54, 1.807) is 11.8 Å². The summed E-state index contributed by atoms with van der Waals surface area (Å²) in [6.07, 6.45) is 0.901. The van der Waals surface area contributed by atoms with E-state index in [-0.39, 0.29) is 5.91 Å². The lowest BCUT2D eigenvalue weighted by atomic mass is 10.2. The summed E-state index contributed by atoms with van der Waals surface area (Å²) in [5.74, 6) is 0.328. The number of carbonyl (C=O) groups is 1. The van der Waals surface area contributed by atoms with Crippen LogP contribution in [0.5, 0.6) is 0 Å². The van der Waals surface area contributed by atoms with Gasteiger partial charge in [0, 0.05) is 10.1 Å². The van der Waals surface area contributed by atoms with Gasteiger partial charge in [0.05, 0.1) is 11.3 Å². The molecule has 1 aromatic heterocycles. The Bertz CT molecular complexity index is 491. The molecule has 0 aliphatic heterocycles. The summed E-state index contributed by atoms with van der Waals surface area (Å²) in [5, 5.41) is 13.0. The standard InChI is InChI=1S/C13H19N3OS2/c1-8(4-5-14)18-7-12(17)16-13-11(6-15)9(2)10(3)19-13/h8H,4-5,7,14H2,1-3H3,(H,16,17). The summed E-state index contributed by atoms with van der Waals surface area (Å²) in [7, 11) is 0. The Morgan fingerprint density at radius 3 is 2.84 bits per heavy atom. The maximum atomic E-state index is 11.8. The molecule has 0 radical (unpaired) electrons. The number of nitrogens with one attached hydrogen (secondary N) is 1. The minimum Gasteiger partial charge on any atom is -0.330 e. The van der Waals surface area contributed by atoms with E-state index in [0.717, 1.165) is 16.9 Å². The Morgan fingerprint density at radius 1 is 1.58 bits per heavy atom. The lowest BCUT2D eigenvalue weighted by Crippen LogP contribution is -2.16. The summed E-state index contributed by atoms with van der Waals surface area (Å²) in [6.45, 7) is 6.55. The van der Waals surface area contributed by atoms with Gasteiger partial charge < -0.3 is 11.1 Å². The second-order valence-electron chi connectivity index (χ2n) is 4.35. The van der Waals surface area contributed by atoms with Gasteiger partial charge in [-0.25, -0.2) is 0 Å². The molecular formula is C13H19N3OS2. The largest absolute Gasteiger partial charge is 0.330 e. The van der Waals surface area contributed by atoms with E-state index < -0.39 is 0 Å². The first-order valence-corrected chi connectivity index (χ1v) is 7.97. The van der Waals surface area contributed by atoms with Gasteiger partial charge in [0.2, 0.25) is 5.91 Å². The molecule has 0 saturated carbocycles. The van der Waals surface area contributed by atoms with Gasteiger partial charge in [-0.2, -0.15) is 5.26 Å². The van der Waals surface area contributed by atoms with Crippen LogP contribution in [0.15, 0.2) is 0 Å². The molecule has 1 atom stereocenters. The van der Waals surface area contributed by atoms with Crippen LogP contribution >= 0.6 is 23.1 Å². The van der Waals surface area contributed by atoms with Crippen molar-refractivity contribution in [2.45, 2.75) is 32.4 Å². The zero-order valence-corrected chi connectivity index (χ0v) is 13.1. The fourth-order valence-electron chi connectivity index (χ4n) is 1.55. The predicted octanol–water partition coefficient (Wildman–Crippen LogP) is 2.65. The Hall–Kier alpha value is -1.03. The molecule has 1 heterocycles. The van der Waals surface area contributed by atoms with E-state index in [1.165, 1.54) is 11.3 Å². The van der Waals surface area contributed by atoms with Crippen molar-refractivity contribution in [3.63, 3.8) is 0 Å². The highest BCUT2D eigenvalue weighted by Gasteiger charge is 2.15. The van der Waals surface area contributed by atoms with Gasteiger partial charge in [-0.3, -0.25) is 4.79 Å². The maximum absolute atomic E-state index is 11.8. The number of nitrogens with zero attached hydrogens (tertiary/aromatic N) is 1. The van der Waals surface area contributed by atoms with Crippen molar-refractivity contribution in [1.82, 2.24) is 0 Å². The second kappa shape index (κ2) is 7.53. The molecule has 19 heavy (non-hydrogen) atoms. The van der Waals surface area contributed by atoms with Crippen molar-refractivity contribution < 1.29 is 4.79 Å². The van der Waals surface area contributed by atoms with E-state index in [0.29, 0.717) is 28.1 Å². The van der Waals surface area contributed by atoms with E-state index >= 15 is 0 Å². The van der Waals surface area contributed by atoms with E-state index in [2.05, 4.69) is 18.3 Å². The number of amides is 1. The lowest BCUT2D eigenvalue weighted by Gasteiger charge is -2.09. The highest BCUT2D eigenvalue weighted by atomic mass is 32.2. The first-order chi connectivity index (χ1) is 8.99. The first kappa shape index (κ1) is 16.0. The number of hydrogen-bond donors (Lipinski definition) is 2. The maximum Gasteiger partial charge on any atom is 0.235 e. The van der Waals surface area contributed by atoms with Crippen molar-refractivity contribution >= 4 is 34.0 Å². The van der Waals surface area contributed by atoms with Crippen LogP contribution in [-0.2, 0) is 4.79 Å². The third-order valence-corrected chi connectivity index (χ3v) is 5.18. The molecule has 3 N–H and O–H groups in total. The van der Waals surface area contributed by atoms with Crippen molar-refractivity contribution in [2.24, 2.45) is 5.73 Å². The van der Waals surface area contributed by atoms with Gasteiger partial charge >= 0.3 is 0 Å². The van der Waals surface area contributed by atoms with Crippen LogP contribution in [0.4, 0.5) is 5.00 Å². The molecular weight excluding hydrogens is 278 g/mol. The average Bonchev–Trinajstić information content (AvgIpc) is 2.62. The van der Waals surface area contributed by atoms with Crippen molar-refractivity contribution in [1.29, 1.82) is 5.26 Å². The molecule has 0 bridgehead atoms. The number of nitriles is 1. The molecule has 0 fully saturated rings. The molecule has 6 heteroatoms. The molecule has 1 unspecified atom stereocenters. The summed E-state index contributed by atoms with van der Waals surface area (Å²) in [6, 6.07) is 2.15. The molecule has 0 aliphatic carbocycles. The molecule has 0 aliphatic rings. The van der Waals surface area contributed by atoms with E-state index in [9.17, 15) is 4.79 Å². The van der Waals surface area contributed by atoms with Crippen molar-refractivity contribution in [2.75, 3.05) is 17.6 Å². The molecule has 104 valence electrons. The summed E-state index contributed by atoms with van der Waals surface area (Å²) in [5.41, 5.74) is 7.00. The number of thioether (sulfide) groups is 1. The summed E-state index contributed by atoms with van der Waals surface area (Å²) in [4.78, 5) is 12.9. The lowest BCUT2D eigenvalue weighted by molar-refractivity contribution is -0.113. The van der Waals surface area contributed by atoms with Crippen LogP contribution in [0.1, 0.15) is 29.3 Å². The fraction of sp³-hybridized carbons (Fsp3) is 0.538. The van der Waals surface area contributed by atoms with Crippen molar-refractivity contribution in [3.8, 4) is 6.07 Å². The second-order valence-corrected chi connectivity index (χ2v) is 7.00. The number of nitrogens with two attached hydrogens (primary N) is 1. The van der Waals surface area contributed by atoms with Gasteiger partial charge in [0.15, 0.2) is 0 Å². The number of anilines is 1. The average molecular weight is 297 g/mol. The molecule has 0 aromatic carbocycles. The normalized spacial score (nSPS) is 11.9. The summed E-state index contributed by atoms with van der Waals surface area (Å²) < 4.78 is 0. The van der Waals surface area contributed by atoms with Crippen LogP contribution in [0.25, 0.3) is 0 Å². The SMILES string of the molecule is Cc1sc(NC(=O)CSC(C)CCN)c(C#N)c1C. The van der Waals surface area contributed by atoms with Crippen LogP contribution in [0.3, 0.4) is 0 Å². The Morgan fingerprint density at radius 2 is 2.26 bits per heavy atom. The molecule has 1 rings (SSSR count). The Kier molecular flexibility index (Phi) is 6.35. The number of hydrogen-bond acceptors (Lipinski definition) is 5. The number of thiophene rings is 1. The topological polar surface area (TPSA) is 78.9 Å². The number of carbonyl (C=O) groups excluding carboxylic acids is 1. The van der Waals surface area contributed by atoms with Crippen molar-refractivity contribution in [3.05, 3.63) is 16.0 Å². The van der Waals surface area contributed by atoms with Crippen LogP contribution in [0.2, 0.25) is 0 Å². The summed E-state index contributed by atoms with van der Waals surface area (Å²) >= 11 is 3.04. The third kappa shape index (κ3) is 4.53. The number of aryl methyl sites for hydroxylation is 1. The fourth-order valence-corrected chi connectivity index (χ4v) is 3.39. The quantitative estimate of drug-likeness (QED) is 0.846. The monoisotopic (exact) mass is 297 g/mol. The van der Waals surface area contributed by atoms with E-state index in [1.807, 2.05) is 13.8 Å². The van der Waals surface area contributed by atoms with Gasteiger partial charge in [-0.15, -0.1) is 23.1 Å². The van der Waals surface area contributed by atoms with Gasteiger partial charge in [0.25, 0.3) is 0 Å². The van der Waals surface area contributed by atoms with Crippen LogP contribution in [0, 0.1) is 25.2 Å². The highest BCUT2D eigenvalue weighted by Crippen LogP contribution is 2.31. The minimum atomic E-state index is -0.0633. The molecule has 1 amide bonds. The molecule has 0 spiro atoms. The first-order valence-electron chi connectivity index (χ1n) is 6.11. The minimum absolute atomic E-state index is 0.0633. The van der Waals surface area contributed by atoms with Crippen LogP contribution < -0.4 is 11.1 Å². The Balaban J connectivity index is 2.58. The van der Waals surface area contributed by atoms with Crippen LogP contribution in [-0.4, -0.2) is 23.5 Å². The smallest absolute Gasteiger partial charge is 0.235 e. The zero-order chi connectivity index (χ0) is 14.4. The zero-order valence-electron chi connectivity index (χ0n) is 11.4. The highest BCUT2D eigenvalue weighted by molar-refractivity contribution is 8.00. The van der Waals surface area contributed by atoms with Gasteiger partial charge in [0.1, 0.15) is 11.1 Å². The number of rotatable bonds is 6. The molecule has 4 nitrogen and oxygen atoms in total. The third-order valence-electron chi connectivity index (χ3n) is 2.82. The molecule has 1 aromatic rings.